The summed E-state index contributed by atoms with van der Waals surface area (Å²) in [5, 5.41) is 8.52. The number of ether oxygens (including phenoxy) is 1. The average Bonchev–Trinajstić information content (AvgIpc) is 2.19. The molecule has 0 atom stereocenters. The highest BCUT2D eigenvalue weighted by molar-refractivity contribution is 5.43. The first kappa shape index (κ1) is 12.4. The molecule has 0 heterocycles. The molecule has 86 valence electrons. The van der Waals surface area contributed by atoms with E-state index in [9.17, 15) is 13.2 Å². The second kappa shape index (κ2) is 4.88. The molecule has 0 fully saturated rings. The summed E-state index contributed by atoms with van der Waals surface area (Å²) in [5.41, 5.74) is 0.712. The highest BCUT2D eigenvalue weighted by atomic mass is 19.4. The van der Waals surface area contributed by atoms with Crippen molar-refractivity contribution >= 4 is 0 Å². The minimum atomic E-state index is -4.73. The van der Waals surface area contributed by atoms with Gasteiger partial charge in [0.05, 0.1) is 12.5 Å². The largest absolute Gasteiger partial charge is 0.573 e. The van der Waals surface area contributed by atoms with Gasteiger partial charge in [0.1, 0.15) is 5.75 Å². The van der Waals surface area contributed by atoms with Crippen molar-refractivity contribution in [1.29, 1.82) is 5.26 Å². The third-order valence-electron chi connectivity index (χ3n) is 2.05. The second-order valence-corrected chi connectivity index (χ2v) is 3.14. The van der Waals surface area contributed by atoms with Crippen molar-refractivity contribution in [3.05, 3.63) is 29.3 Å². The van der Waals surface area contributed by atoms with Crippen LogP contribution in [0.25, 0.3) is 0 Å². The number of alkyl halides is 3. The van der Waals surface area contributed by atoms with E-state index in [1.54, 1.807) is 19.1 Å². The van der Waals surface area contributed by atoms with Gasteiger partial charge < -0.3 is 4.74 Å². The number of hydrogen-bond acceptors (Lipinski definition) is 2. The molecule has 0 saturated heterocycles. The summed E-state index contributed by atoms with van der Waals surface area (Å²) in [6, 6.07) is 6.45. The Morgan fingerprint density at radius 3 is 2.44 bits per heavy atom. The summed E-state index contributed by atoms with van der Waals surface area (Å²) in [4.78, 5) is 0. The zero-order valence-corrected chi connectivity index (χ0v) is 8.64. The van der Waals surface area contributed by atoms with E-state index in [4.69, 9.17) is 5.26 Å². The first-order valence-corrected chi connectivity index (χ1v) is 4.71. The van der Waals surface area contributed by atoms with Crippen molar-refractivity contribution in [2.45, 2.75) is 26.1 Å². The fraction of sp³-hybridized carbons (Fsp3) is 0.364. The number of para-hydroxylation sites is 1. The van der Waals surface area contributed by atoms with E-state index in [-0.39, 0.29) is 17.7 Å². The molecule has 1 rings (SSSR count). The van der Waals surface area contributed by atoms with E-state index in [1.165, 1.54) is 6.07 Å². The molecule has 0 aliphatic rings. The molecule has 0 N–H and O–H groups in total. The van der Waals surface area contributed by atoms with E-state index in [0.29, 0.717) is 12.0 Å². The quantitative estimate of drug-likeness (QED) is 0.797. The third kappa shape index (κ3) is 3.16. The van der Waals surface area contributed by atoms with Crippen LogP contribution in [0.5, 0.6) is 5.75 Å². The fourth-order valence-electron chi connectivity index (χ4n) is 1.39. The lowest BCUT2D eigenvalue weighted by Crippen LogP contribution is -2.19. The Morgan fingerprint density at radius 2 is 1.94 bits per heavy atom. The summed E-state index contributed by atoms with van der Waals surface area (Å²) in [7, 11) is 0. The van der Waals surface area contributed by atoms with Gasteiger partial charge in [-0.15, -0.1) is 13.2 Å². The predicted molar refractivity (Wildman–Crippen MR) is 51.8 cm³/mol. The summed E-state index contributed by atoms with van der Waals surface area (Å²) < 4.78 is 40.5. The summed E-state index contributed by atoms with van der Waals surface area (Å²) in [6.45, 7) is 1.73. The zero-order valence-electron chi connectivity index (χ0n) is 8.64. The molecule has 0 aromatic heterocycles. The van der Waals surface area contributed by atoms with Crippen LogP contribution < -0.4 is 4.74 Å². The number of rotatable bonds is 3. The van der Waals surface area contributed by atoms with E-state index >= 15 is 0 Å². The van der Waals surface area contributed by atoms with E-state index in [1.807, 2.05) is 6.07 Å². The van der Waals surface area contributed by atoms with E-state index in [2.05, 4.69) is 4.74 Å². The van der Waals surface area contributed by atoms with Gasteiger partial charge >= 0.3 is 6.36 Å². The van der Waals surface area contributed by atoms with Crippen molar-refractivity contribution in [1.82, 2.24) is 0 Å². The first-order valence-electron chi connectivity index (χ1n) is 4.71. The van der Waals surface area contributed by atoms with Gasteiger partial charge in [-0.25, -0.2) is 0 Å². The number of halogens is 3. The van der Waals surface area contributed by atoms with Crippen molar-refractivity contribution < 1.29 is 17.9 Å². The highest BCUT2D eigenvalue weighted by Crippen LogP contribution is 2.30. The van der Waals surface area contributed by atoms with Crippen LogP contribution in [-0.2, 0) is 12.8 Å². The SMILES string of the molecule is CCc1cccc(CC#N)c1OC(F)(F)F. The van der Waals surface area contributed by atoms with Crippen LogP contribution in [0.3, 0.4) is 0 Å². The topological polar surface area (TPSA) is 33.0 Å². The van der Waals surface area contributed by atoms with Crippen molar-refractivity contribution in [3.63, 3.8) is 0 Å². The van der Waals surface area contributed by atoms with E-state index in [0.717, 1.165) is 0 Å². The molecular weight excluding hydrogens is 219 g/mol. The van der Waals surface area contributed by atoms with Crippen molar-refractivity contribution in [2.24, 2.45) is 0 Å². The monoisotopic (exact) mass is 229 g/mol. The van der Waals surface area contributed by atoms with Gasteiger partial charge in [0.15, 0.2) is 0 Å². The molecule has 0 saturated carbocycles. The number of nitrogens with zero attached hydrogens (tertiary/aromatic N) is 1. The molecule has 16 heavy (non-hydrogen) atoms. The van der Waals surface area contributed by atoms with E-state index < -0.39 is 6.36 Å². The third-order valence-corrected chi connectivity index (χ3v) is 2.05. The maximum atomic E-state index is 12.2. The Labute approximate surface area is 91.3 Å². The minimum absolute atomic E-state index is 0.0980. The Morgan fingerprint density at radius 1 is 1.31 bits per heavy atom. The smallest absolute Gasteiger partial charge is 0.405 e. The highest BCUT2D eigenvalue weighted by Gasteiger charge is 2.32. The molecule has 1 aromatic rings. The normalized spacial score (nSPS) is 10.9. The molecular formula is C11H10F3NO. The summed E-state index contributed by atoms with van der Waals surface area (Å²) >= 11 is 0. The van der Waals surface area contributed by atoms with Crippen LogP contribution >= 0.6 is 0 Å². The molecule has 1 aromatic carbocycles. The Balaban J connectivity index is 3.15. The molecule has 0 bridgehead atoms. The summed E-state index contributed by atoms with van der Waals surface area (Å²) in [6.07, 6.45) is -4.40. The molecule has 0 radical (unpaired) electrons. The summed E-state index contributed by atoms with van der Waals surface area (Å²) in [5.74, 6) is -0.237. The molecule has 0 aliphatic carbocycles. The van der Waals surface area contributed by atoms with Gasteiger partial charge in [0.2, 0.25) is 0 Å². The zero-order chi connectivity index (χ0) is 12.2. The van der Waals surface area contributed by atoms with Gasteiger partial charge in [-0.1, -0.05) is 25.1 Å². The minimum Gasteiger partial charge on any atom is -0.405 e. The van der Waals surface area contributed by atoms with Crippen LogP contribution in [0.15, 0.2) is 18.2 Å². The maximum absolute atomic E-state index is 12.2. The lowest BCUT2D eigenvalue weighted by molar-refractivity contribution is -0.275. The number of benzene rings is 1. The van der Waals surface area contributed by atoms with Crippen LogP contribution in [0, 0.1) is 11.3 Å². The second-order valence-electron chi connectivity index (χ2n) is 3.14. The molecule has 0 aliphatic heterocycles. The fourth-order valence-corrected chi connectivity index (χ4v) is 1.39. The number of aryl methyl sites for hydroxylation is 1. The van der Waals surface area contributed by atoms with Crippen LogP contribution in [0.2, 0.25) is 0 Å². The predicted octanol–water partition coefficient (Wildman–Crippen LogP) is 3.21. The number of nitriles is 1. The van der Waals surface area contributed by atoms with Gasteiger partial charge in [-0.05, 0) is 12.0 Å². The Hall–Kier alpha value is -1.70. The standard InChI is InChI=1S/C11H10F3NO/c1-2-8-4-3-5-9(6-7-15)10(8)16-11(12,13)14/h3-5H,2,6H2,1H3. The Bertz CT molecular complexity index is 407. The molecule has 0 amide bonds. The lowest BCUT2D eigenvalue weighted by Gasteiger charge is -2.15. The maximum Gasteiger partial charge on any atom is 0.573 e. The first-order chi connectivity index (χ1) is 7.48. The Kier molecular flexibility index (Phi) is 3.78. The number of hydrogen-bond donors (Lipinski definition) is 0. The molecule has 2 nitrogen and oxygen atoms in total. The molecule has 0 spiro atoms. The lowest BCUT2D eigenvalue weighted by atomic mass is 10.0. The van der Waals surface area contributed by atoms with Gasteiger partial charge in [0.25, 0.3) is 0 Å². The molecule has 5 heteroatoms. The van der Waals surface area contributed by atoms with Crippen LogP contribution in [0.4, 0.5) is 13.2 Å². The van der Waals surface area contributed by atoms with Gasteiger partial charge in [0, 0.05) is 5.56 Å². The van der Waals surface area contributed by atoms with Crippen molar-refractivity contribution in [3.8, 4) is 11.8 Å². The molecule has 0 unspecified atom stereocenters. The van der Waals surface area contributed by atoms with Gasteiger partial charge in [-0.3, -0.25) is 0 Å². The van der Waals surface area contributed by atoms with Crippen LogP contribution in [-0.4, -0.2) is 6.36 Å². The van der Waals surface area contributed by atoms with Crippen LogP contribution in [0.1, 0.15) is 18.1 Å². The van der Waals surface area contributed by atoms with Crippen molar-refractivity contribution in [2.75, 3.05) is 0 Å². The van der Waals surface area contributed by atoms with Gasteiger partial charge in [-0.2, -0.15) is 5.26 Å². The average molecular weight is 229 g/mol.